The summed E-state index contributed by atoms with van der Waals surface area (Å²) < 4.78 is 30.1. The summed E-state index contributed by atoms with van der Waals surface area (Å²) in [5, 5.41) is 10.8. The number of aromatic nitrogens is 2. The van der Waals surface area contributed by atoms with Gasteiger partial charge < -0.3 is 4.74 Å². The first-order chi connectivity index (χ1) is 12.9. The summed E-state index contributed by atoms with van der Waals surface area (Å²) in [5.41, 5.74) is 3.93. The molecule has 0 amide bonds. The summed E-state index contributed by atoms with van der Waals surface area (Å²) >= 11 is 0. The Kier molecular flexibility index (Phi) is 5.27. The average molecular weight is 384 g/mol. The average Bonchev–Trinajstić information content (AvgIpc) is 3.10. The van der Waals surface area contributed by atoms with Gasteiger partial charge in [-0.15, -0.1) is 0 Å². The predicted molar refractivity (Wildman–Crippen MR) is 104 cm³/mol. The van der Waals surface area contributed by atoms with E-state index in [1.165, 1.54) is 6.21 Å². The molecule has 0 spiro atoms. The summed E-state index contributed by atoms with van der Waals surface area (Å²) in [4.78, 5) is 2.45. The van der Waals surface area contributed by atoms with E-state index in [1.54, 1.807) is 32.4 Å². The van der Waals surface area contributed by atoms with Crippen LogP contribution in [0.4, 0.5) is 0 Å². The molecular formula is C19H20N4O3S. The minimum Gasteiger partial charge on any atom is -0.497 e. The number of nitrogens with one attached hydrogen (secondary N) is 2. The molecule has 0 aliphatic carbocycles. The number of methoxy groups -OCH3 is 1. The minimum absolute atomic E-state index is 0.202. The van der Waals surface area contributed by atoms with E-state index in [4.69, 9.17) is 4.74 Å². The molecule has 0 atom stereocenters. The molecule has 0 bridgehead atoms. The first-order valence-electron chi connectivity index (χ1n) is 8.20. The predicted octanol–water partition coefficient (Wildman–Crippen LogP) is 3.01. The molecule has 0 saturated heterocycles. The molecule has 1 aromatic heterocycles. The summed E-state index contributed by atoms with van der Waals surface area (Å²) in [7, 11) is -2.14. The Bertz CT molecular complexity index is 1070. The third-order valence-electron chi connectivity index (χ3n) is 4.04. The van der Waals surface area contributed by atoms with Crippen LogP contribution in [-0.2, 0) is 10.0 Å². The highest BCUT2D eigenvalue weighted by Gasteiger charge is 2.15. The Hall–Kier alpha value is -3.13. The fraction of sp³-hybridized carbons (Fsp3) is 0.158. The van der Waals surface area contributed by atoms with Gasteiger partial charge in [-0.25, -0.2) is 4.83 Å². The van der Waals surface area contributed by atoms with Crippen LogP contribution < -0.4 is 9.57 Å². The maximum absolute atomic E-state index is 12.5. The largest absolute Gasteiger partial charge is 0.497 e. The van der Waals surface area contributed by atoms with Gasteiger partial charge >= 0.3 is 0 Å². The lowest BCUT2D eigenvalue weighted by Crippen LogP contribution is -2.19. The number of H-pyrrole nitrogens is 1. The molecule has 8 heteroatoms. The number of hydrogen-bond donors (Lipinski definition) is 2. The molecule has 0 aliphatic heterocycles. The van der Waals surface area contributed by atoms with Crippen LogP contribution >= 0.6 is 0 Å². The molecule has 0 aliphatic rings. The van der Waals surface area contributed by atoms with Gasteiger partial charge in [-0.1, -0.05) is 17.7 Å². The maximum Gasteiger partial charge on any atom is 0.276 e. The molecule has 0 fully saturated rings. The fourth-order valence-corrected chi connectivity index (χ4v) is 3.72. The summed E-state index contributed by atoms with van der Waals surface area (Å²) in [6, 6.07) is 12.6. The van der Waals surface area contributed by atoms with Crippen LogP contribution in [0.2, 0.25) is 0 Å². The molecule has 2 aromatic carbocycles. The Morgan fingerprint density at radius 2 is 1.89 bits per heavy atom. The van der Waals surface area contributed by atoms with Gasteiger partial charge in [0.05, 0.1) is 30.1 Å². The van der Waals surface area contributed by atoms with E-state index in [-0.39, 0.29) is 4.90 Å². The zero-order valence-electron chi connectivity index (χ0n) is 15.2. The van der Waals surface area contributed by atoms with Crippen molar-refractivity contribution in [1.29, 1.82) is 0 Å². The van der Waals surface area contributed by atoms with E-state index >= 15 is 0 Å². The van der Waals surface area contributed by atoms with Crippen LogP contribution in [0.25, 0.3) is 11.3 Å². The topological polar surface area (TPSA) is 96.4 Å². The molecule has 0 saturated carbocycles. The number of aromatic amines is 1. The van der Waals surface area contributed by atoms with Crippen molar-refractivity contribution in [2.45, 2.75) is 18.7 Å². The van der Waals surface area contributed by atoms with Gasteiger partial charge in [0, 0.05) is 11.1 Å². The highest BCUT2D eigenvalue weighted by molar-refractivity contribution is 7.89. The van der Waals surface area contributed by atoms with Crippen molar-refractivity contribution in [2.75, 3.05) is 7.11 Å². The Labute approximate surface area is 158 Å². The molecular weight excluding hydrogens is 364 g/mol. The zero-order chi connectivity index (χ0) is 19.4. The van der Waals surface area contributed by atoms with Crippen LogP contribution in [0.1, 0.15) is 16.7 Å². The number of hydrogen-bond acceptors (Lipinski definition) is 5. The summed E-state index contributed by atoms with van der Waals surface area (Å²) in [6.45, 7) is 3.66. The lowest BCUT2D eigenvalue weighted by molar-refractivity contribution is 0.415. The fourth-order valence-electron chi connectivity index (χ4n) is 2.70. The standard InChI is InChI=1S/C19H20N4O3S/c1-13-4-9-18(14(2)10-13)27(24,25)23-21-12-16-11-20-22-19(16)15-5-7-17(26-3)8-6-15/h4-12,23H,1-3H3,(H,20,22). The van der Waals surface area contributed by atoms with Crippen LogP contribution in [0, 0.1) is 13.8 Å². The third-order valence-corrected chi connectivity index (χ3v) is 5.43. The highest BCUT2D eigenvalue weighted by atomic mass is 32.2. The number of ether oxygens (including phenoxy) is 1. The number of nitrogens with zero attached hydrogens (tertiary/aromatic N) is 2. The number of aryl methyl sites for hydroxylation is 2. The van der Waals surface area contributed by atoms with E-state index in [0.29, 0.717) is 11.1 Å². The monoisotopic (exact) mass is 384 g/mol. The van der Waals surface area contributed by atoms with Crippen molar-refractivity contribution >= 4 is 16.2 Å². The Morgan fingerprint density at radius 3 is 2.56 bits per heavy atom. The van der Waals surface area contributed by atoms with Crippen molar-refractivity contribution in [3.05, 3.63) is 65.4 Å². The van der Waals surface area contributed by atoms with Crippen molar-refractivity contribution < 1.29 is 13.2 Å². The van der Waals surface area contributed by atoms with Crippen molar-refractivity contribution in [2.24, 2.45) is 5.10 Å². The van der Waals surface area contributed by atoms with Crippen molar-refractivity contribution in [1.82, 2.24) is 15.0 Å². The summed E-state index contributed by atoms with van der Waals surface area (Å²) in [5.74, 6) is 0.745. The van der Waals surface area contributed by atoms with Crippen LogP contribution in [0.3, 0.4) is 0 Å². The Balaban J connectivity index is 1.80. The minimum atomic E-state index is -3.74. The van der Waals surface area contributed by atoms with Gasteiger partial charge in [-0.2, -0.15) is 18.6 Å². The van der Waals surface area contributed by atoms with Crippen LogP contribution in [0.5, 0.6) is 5.75 Å². The smallest absolute Gasteiger partial charge is 0.276 e. The molecule has 3 rings (SSSR count). The number of hydrazone groups is 1. The second-order valence-electron chi connectivity index (χ2n) is 6.05. The molecule has 2 N–H and O–H groups in total. The van der Waals surface area contributed by atoms with Crippen LogP contribution in [-0.4, -0.2) is 31.9 Å². The van der Waals surface area contributed by atoms with E-state index < -0.39 is 10.0 Å². The lowest BCUT2D eigenvalue weighted by atomic mass is 10.1. The van der Waals surface area contributed by atoms with Crippen molar-refractivity contribution in [3.63, 3.8) is 0 Å². The molecule has 3 aromatic rings. The third kappa shape index (κ3) is 4.17. The van der Waals surface area contributed by atoms with Gasteiger partial charge in [0.25, 0.3) is 10.0 Å². The van der Waals surface area contributed by atoms with E-state index in [9.17, 15) is 8.42 Å². The van der Waals surface area contributed by atoms with E-state index in [2.05, 4.69) is 20.1 Å². The zero-order valence-corrected chi connectivity index (χ0v) is 16.0. The van der Waals surface area contributed by atoms with Gasteiger partial charge in [-0.3, -0.25) is 5.10 Å². The van der Waals surface area contributed by atoms with Gasteiger partial charge in [0.1, 0.15) is 5.75 Å². The normalized spacial score (nSPS) is 11.7. The van der Waals surface area contributed by atoms with Gasteiger partial charge in [0.2, 0.25) is 0 Å². The SMILES string of the molecule is COc1ccc(-c2[nH]ncc2C=NNS(=O)(=O)c2ccc(C)cc2C)cc1. The Morgan fingerprint density at radius 1 is 1.15 bits per heavy atom. The molecule has 0 unspecified atom stereocenters. The second kappa shape index (κ2) is 7.63. The summed E-state index contributed by atoms with van der Waals surface area (Å²) in [6.07, 6.45) is 3.00. The molecule has 1 heterocycles. The van der Waals surface area contributed by atoms with Crippen molar-refractivity contribution in [3.8, 4) is 17.0 Å². The first kappa shape index (κ1) is 18.7. The van der Waals surface area contributed by atoms with Gasteiger partial charge in [-0.05, 0) is 49.7 Å². The molecule has 7 nitrogen and oxygen atoms in total. The number of benzene rings is 2. The molecule has 0 radical (unpaired) electrons. The second-order valence-corrected chi connectivity index (χ2v) is 7.68. The van der Waals surface area contributed by atoms with E-state index in [0.717, 1.165) is 22.6 Å². The van der Waals surface area contributed by atoms with Crippen LogP contribution in [0.15, 0.2) is 58.7 Å². The van der Waals surface area contributed by atoms with Gasteiger partial charge in [0.15, 0.2) is 0 Å². The number of rotatable bonds is 6. The maximum atomic E-state index is 12.5. The molecule has 27 heavy (non-hydrogen) atoms. The molecule has 140 valence electrons. The number of sulfonamides is 1. The van der Waals surface area contributed by atoms with E-state index in [1.807, 2.05) is 37.3 Å². The first-order valence-corrected chi connectivity index (χ1v) is 9.69. The lowest BCUT2D eigenvalue weighted by Gasteiger charge is -2.07. The highest BCUT2D eigenvalue weighted by Crippen LogP contribution is 2.23. The quantitative estimate of drug-likeness (QED) is 0.504.